The van der Waals surface area contributed by atoms with Gasteiger partial charge in [0.05, 0.1) is 22.7 Å². The van der Waals surface area contributed by atoms with Gasteiger partial charge in [0.2, 0.25) is 5.91 Å². The zero-order valence-electron chi connectivity index (χ0n) is 18.1. The average Bonchev–Trinajstić information content (AvgIpc) is 3.21. The van der Waals surface area contributed by atoms with Crippen molar-refractivity contribution in [2.45, 2.75) is 45.4 Å². The Morgan fingerprint density at radius 3 is 2.93 bits per heavy atom. The van der Waals surface area contributed by atoms with Crippen molar-refractivity contribution >= 4 is 32.6 Å². The number of hydrogen-bond donors (Lipinski definition) is 1. The summed E-state index contributed by atoms with van der Waals surface area (Å²) in [4.78, 5) is 22.4. The molecule has 3 heterocycles. The number of benzene rings is 1. The molecule has 0 unspecified atom stereocenters. The minimum Gasteiger partial charge on any atom is -0.494 e. The zero-order chi connectivity index (χ0) is 20.8. The van der Waals surface area contributed by atoms with Gasteiger partial charge in [-0.2, -0.15) is 0 Å². The van der Waals surface area contributed by atoms with E-state index in [2.05, 4.69) is 21.2 Å². The number of aromatic nitrogens is 1. The van der Waals surface area contributed by atoms with Crippen molar-refractivity contribution < 1.29 is 9.53 Å². The summed E-state index contributed by atoms with van der Waals surface area (Å²) in [5.41, 5.74) is 1.00. The Morgan fingerprint density at radius 1 is 1.23 bits per heavy atom. The highest BCUT2D eigenvalue weighted by Crippen LogP contribution is 2.33. The van der Waals surface area contributed by atoms with Crippen molar-refractivity contribution in [3.8, 4) is 5.75 Å². The van der Waals surface area contributed by atoms with Crippen molar-refractivity contribution in [2.75, 3.05) is 50.8 Å². The first-order valence-corrected chi connectivity index (χ1v) is 12.3. The second kappa shape index (κ2) is 10.4. The van der Waals surface area contributed by atoms with Crippen LogP contribution in [0.25, 0.3) is 10.2 Å². The Balaban J connectivity index is 1.28. The van der Waals surface area contributed by atoms with Crippen LogP contribution in [0.5, 0.6) is 5.75 Å². The van der Waals surface area contributed by atoms with Crippen LogP contribution >= 0.6 is 11.3 Å². The molecule has 2 aromatic rings. The highest BCUT2D eigenvalue weighted by molar-refractivity contribution is 7.22. The average molecular weight is 431 g/mol. The van der Waals surface area contributed by atoms with Crippen molar-refractivity contribution in [3.05, 3.63) is 18.2 Å². The van der Waals surface area contributed by atoms with Crippen LogP contribution in [0.15, 0.2) is 18.2 Å². The van der Waals surface area contributed by atoms with Crippen LogP contribution in [0.3, 0.4) is 0 Å². The van der Waals surface area contributed by atoms with E-state index in [1.54, 1.807) is 11.3 Å². The maximum Gasteiger partial charge on any atom is 0.224 e. The normalized spacial score (nSPS) is 20.4. The molecule has 0 aliphatic carbocycles. The smallest absolute Gasteiger partial charge is 0.224 e. The van der Waals surface area contributed by atoms with Crippen LogP contribution in [-0.4, -0.2) is 61.7 Å². The van der Waals surface area contributed by atoms with Gasteiger partial charge in [-0.1, -0.05) is 17.8 Å². The fourth-order valence-corrected chi connectivity index (χ4v) is 5.52. The van der Waals surface area contributed by atoms with Gasteiger partial charge in [-0.3, -0.25) is 4.79 Å². The van der Waals surface area contributed by atoms with Crippen LogP contribution < -0.4 is 15.0 Å². The predicted octanol–water partition coefficient (Wildman–Crippen LogP) is 3.90. The molecule has 1 aromatic heterocycles. The summed E-state index contributed by atoms with van der Waals surface area (Å²) in [6.45, 7) is 8.72. The molecule has 1 atom stereocenters. The largest absolute Gasteiger partial charge is 0.494 e. The minimum absolute atomic E-state index is 0.0553. The summed E-state index contributed by atoms with van der Waals surface area (Å²) < 4.78 is 6.75. The molecular formula is C23H34N4O2S. The number of thiazole rings is 1. The summed E-state index contributed by atoms with van der Waals surface area (Å²) in [7, 11) is 0. The van der Waals surface area contributed by atoms with E-state index in [1.807, 2.05) is 19.1 Å². The summed E-state index contributed by atoms with van der Waals surface area (Å²) >= 11 is 1.69. The first-order chi connectivity index (χ1) is 14.7. The molecule has 30 heavy (non-hydrogen) atoms. The number of likely N-dealkylation sites (tertiary alicyclic amines) is 1. The van der Waals surface area contributed by atoms with E-state index in [0.717, 1.165) is 66.5 Å². The van der Waals surface area contributed by atoms with E-state index in [0.29, 0.717) is 6.61 Å². The molecule has 1 aromatic carbocycles. The molecule has 2 aliphatic rings. The fourth-order valence-electron chi connectivity index (χ4n) is 4.49. The topological polar surface area (TPSA) is 57.7 Å². The number of rotatable bonds is 8. The number of ether oxygens (including phenoxy) is 1. The molecule has 1 N–H and O–H groups in total. The molecule has 1 amide bonds. The van der Waals surface area contributed by atoms with Crippen molar-refractivity contribution in [1.82, 2.24) is 15.2 Å². The third-order valence-corrected chi connectivity index (χ3v) is 7.20. The van der Waals surface area contributed by atoms with Crippen LogP contribution in [0, 0.1) is 5.92 Å². The van der Waals surface area contributed by atoms with E-state index >= 15 is 0 Å². The zero-order valence-corrected chi connectivity index (χ0v) is 18.9. The lowest BCUT2D eigenvalue weighted by Crippen LogP contribution is -2.43. The first-order valence-electron chi connectivity index (χ1n) is 11.5. The minimum atomic E-state index is 0.0553. The molecule has 2 saturated heterocycles. The summed E-state index contributed by atoms with van der Waals surface area (Å²) in [5, 5.41) is 4.20. The lowest BCUT2D eigenvalue weighted by Gasteiger charge is -2.32. The molecule has 2 fully saturated rings. The Bertz CT molecular complexity index is 834. The highest BCUT2D eigenvalue weighted by Gasteiger charge is 2.27. The highest BCUT2D eigenvalue weighted by atomic mass is 32.1. The number of piperidine rings is 2. The lowest BCUT2D eigenvalue weighted by molar-refractivity contribution is -0.125. The fraction of sp³-hybridized carbons (Fsp3) is 0.652. The number of nitrogens with zero attached hydrogens (tertiary/aromatic N) is 3. The quantitative estimate of drug-likeness (QED) is 0.644. The van der Waals surface area contributed by atoms with Crippen molar-refractivity contribution in [3.63, 3.8) is 0 Å². The number of carbonyl (C=O) groups excluding carboxylic acids is 1. The number of carbonyl (C=O) groups is 1. The van der Waals surface area contributed by atoms with Gasteiger partial charge < -0.3 is 19.9 Å². The van der Waals surface area contributed by atoms with Gasteiger partial charge in [-0.05, 0) is 76.9 Å². The molecule has 2 aliphatic heterocycles. The summed E-state index contributed by atoms with van der Waals surface area (Å²) in [6, 6.07) is 6.07. The van der Waals surface area contributed by atoms with Gasteiger partial charge in [-0.15, -0.1) is 0 Å². The Hall–Kier alpha value is -1.86. The molecular weight excluding hydrogens is 396 g/mol. The molecule has 0 spiro atoms. The van der Waals surface area contributed by atoms with Crippen LogP contribution in [0.4, 0.5) is 5.13 Å². The van der Waals surface area contributed by atoms with Gasteiger partial charge in [0.1, 0.15) is 5.75 Å². The predicted molar refractivity (Wildman–Crippen MR) is 124 cm³/mol. The van der Waals surface area contributed by atoms with E-state index in [1.165, 1.54) is 32.4 Å². The second-order valence-electron chi connectivity index (χ2n) is 8.39. The molecule has 7 heteroatoms. The van der Waals surface area contributed by atoms with Crippen LogP contribution in [0.1, 0.15) is 45.4 Å². The first kappa shape index (κ1) is 21.4. The monoisotopic (exact) mass is 430 g/mol. The van der Waals surface area contributed by atoms with Crippen LogP contribution in [0.2, 0.25) is 0 Å². The third-order valence-electron chi connectivity index (χ3n) is 6.12. The maximum atomic E-state index is 12.7. The Morgan fingerprint density at radius 2 is 2.10 bits per heavy atom. The number of amides is 1. The standard InChI is InChI=1S/C23H34N4O2S/c1-2-29-19-9-10-20-21(16-19)30-23(25-20)27-15-6-8-18(17-27)22(28)24-11-7-14-26-12-4-3-5-13-26/h9-10,16,18H,2-8,11-15,17H2,1H3,(H,24,28)/t18-/m0/s1. The van der Waals surface area contributed by atoms with Gasteiger partial charge in [0, 0.05) is 19.6 Å². The van der Waals surface area contributed by atoms with Gasteiger partial charge in [0.15, 0.2) is 5.13 Å². The number of fused-ring (bicyclic) bond motifs is 1. The van der Waals surface area contributed by atoms with Gasteiger partial charge in [-0.25, -0.2) is 4.98 Å². The van der Waals surface area contributed by atoms with Gasteiger partial charge >= 0.3 is 0 Å². The Labute approximate surface area is 183 Å². The van der Waals surface area contributed by atoms with Crippen molar-refractivity contribution in [2.24, 2.45) is 5.92 Å². The number of hydrogen-bond acceptors (Lipinski definition) is 6. The number of nitrogens with one attached hydrogen (secondary N) is 1. The molecule has 0 bridgehead atoms. The third kappa shape index (κ3) is 5.43. The summed E-state index contributed by atoms with van der Waals surface area (Å²) in [5.74, 6) is 1.15. The molecule has 0 saturated carbocycles. The maximum absolute atomic E-state index is 12.7. The van der Waals surface area contributed by atoms with E-state index in [-0.39, 0.29) is 11.8 Å². The molecule has 0 radical (unpaired) electrons. The van der Waals surface area contributed by atoms with E-state index in [9.17, 15) is 4.79 Å². The molecule has 164 valence electrons. The summed E-state index contributed by atoms with van der Waals surface area (Å²) in [6.07, 6.45) is 7.06. The number of anilines is 1. The van der Waals surface area contributed by atoms with Crippen molar-refractivity contribution in [1.29, 1.82) is 0 Å². The lowest BCUT2D eigenvalue weighted by atomic mass is 9.97. The van der Waals surface area contributed by atoms with Crippen LogP contribution in [-0.2, 0) is 4.79 Å². The van der Waals surface area contributed by atoms with E-state index < -0.39 is 0 Å². The Kier molecular flexibility index (Phi) is 7.44. The SMILES string of the molecule is CCOc1ccc2nc(N3CCC[C@H](C(=O)NCCCN4CCCCC4)C3)sc2c1. The van der Waals surface area contributed by atoms with Gasteiger partial charge in [0.25, 0.3) is 0 Å². The molecule has 4 rings (SSSR count). The van der Waals surface area contributed by atoms with E-state index in [4.69, 9.17) is 9.72 Å². The second-order valence-corrected chi connectivity index (χ2v) is 9.40. The molecule has 6 nitrogen and oxygen atoms in total.